The van der Waals surface area contributed by atoms with Crippen LogP contribution in [0.5, 0.6) is 5.75 Å². The van der Waals surface area contributed by atoms with Gasteiger partial charge in [0.15, 0.2) is 0 Å². The number of nitrogens with one attached hydrogen (secondary N) is 2. The number of ether oxygens (including phenoxy) is 1. The van der Waals surface area contributed by atoms with Crippen molar-refractivity contribution in [2.75, 3.05) is 0 Å². The zero-order valence-electron chi connectivity index (χ0n) is 10.5. The summed E-state index contributed by atoms with van der Waals surface area (Å²) in [5, 5.41) is 9.85. The SMILES string of the molecule is N=C(CC(=O)NC(=O)Oc1ccccc1)C1CCC1. The summed E-state index contributed by atoms with van der Waals surface area (Å²) in [4.78, 5) is 23.0. The minimum absolute atomic E-state index is 0.0332. The Balaban J connectivity index is 1.75. The molecule has 0 aliphatic heterocycles. The van der Waals surface area contributed by atoms with Crippen molar-refractivity contribution in [1.29, 1.82) is 5.41 Å². The predicted octanol–water partition coefficient (Wildman–Crippen LogP) is 2.51. The lowest BCUT2D eigenvalue weighted by Gasteiger charge is -2.25. The number of para-hydroxylation sites is 1. The molecule has 1 fully saturated rings. The van der Waals surface area contributed by atoms with Crippen LogP contribution < -0.4 is 10.1 Å². The van der Waals surface area contributed by atoms with Crippen molar-refractivity contribution in [3.8, 4) is 5.75 Å². The molecule has 0 radical (unpaired) electrons. The first-order valence-corrected chi connectivity index (χ1v) is 6.29. The van der Waals surface area contributed by atoms with Crippen molar-refractivity contribution in [3.63, 3.8) is 0 Å². The lowest BCUT2D eigenvalue weighted by Crippen LogP contribution is -2.35. The second-order valence-electron chi connectivity index (χ2n) is 4.58. The molecule has 2 amide bonds. The molecule has 5 nitrogen and oxygen atoms in total. The van der Waals surface area contributed by atoms with E-state index in [-0.39, 0.29) is 12.3 Å². The molecular formula is C14H16N2O3. The van der Waals surface area contributed by atoms with E-state index in [1.54, 1.807) is 30.3 Å². The summed E-state index contributed by atoms with van der Waals surface area (Å²) in [6, 6.07) is 8.52. The highest BCUT2D eigenvalue weighted by Crippen LogP contribution is 2.28. The van der Waals surface area contributed by atoms with Crippen LogP contribution in [0.15, 0.2) is 30.3 Å². The molecule has 0 aromatic heterocycles. The van der Waals surface area contributed by atoms with Crippen molar-refractivity contribution in [3.05, 3.63) is 30.3 Å². The average molecular weight is 260 g/mol. The molecule has 1 aromatic rings. The van der Waals surface area contributed by atoms with Gasteiger partial charge in [-0.2, -0.15) is 0 Å². The van der Waals surface area contributed by atoms with Gasteiger partial charge in [-0.25, -0.2) is 4.79 Å². The Labute approximate surface area is 111 Å². The van der Waals surface area contributed by atoms with Gasteiger partial charge >= 0.3 is 6.09 Å². The normalized spacial score (nSPS) is 14.3. The fraction of sp³-hybridized carbons (Fsp3) is 0.357. The minimum Gasteiger partial charge on any atom is -0.410 e. The quantitative estimate of drug-likeness (QED) is 0.816. The average Bonchev–Trinajstić information content (AvgIpc) is 2.26. The number of hydrogen-bond donors (Lipinski definition) is 2. The summed E-state index contributed by atoms with van der Waals surface area (Å²) in [7, 11) is 0. The molecule has 1 aromatic carbocycles. The molecule has 0 unspecified atom stereocenters. The Morgan fingerprint density at radius 3 is 2.53 bits per heavy atom. The third-order valence-corrected chi connectivity index (χ3v) is 3.14. The zero-order valence-corrected chi connectivity index (χ0v) is 10.5. The third kappa shape index (κ3) is 3.91. The van der Waals surface area contributed by atoms with Crippen LogP contribution in [0.3, 0.4) is 0 Å². The number of carbonyl (C=O) groups excluding carboxylic acids is 2. The largest absolute Gasteiger partial charge is 0.419 e. The van der Waals surface area contributed by atoms with Gasteiger partial charge in [0.2, 0.25) is 5.91 Å². The molecule has 0 saturated heterocycles. The van der Waals surface area contributed by atoms with E-state index in [1.165, 1.54) is 0 Å². The predicted molar refractivity (Wildman–Crippen MR) is 70.3 cm³/mol. The molecule has 100 valence electrons. The van der Waals surface area contributed by atoms with Gasteiger partial charge in [0, 0.05) is 5.71 Å². The van der Waals surface area contributed by atoms with Crippen LogP contribution in [0.4, 0.5) is 4.79 Å². The summed E-state index contributed by atoms with van der Waals surface area (Å²) >= 11 is 0. The van der Waals surface area contributed by atoms with Crippen molar-refractivity contribution in [2.45, 2.75) is 25.7 Å². The van der Waals surface area contributed by atoms with Gasteiger partial charge in [0.1, 0.15) is 5.75 Å². The van der Waals surface area contributed by atoms with E-state index in [4.69, 9.17) is 10.1 Å². The van der Waals surface area contributed by atoms with Crippen LogP contribution in [0, 0.1) is 11.3 Å². The smallest absolute Gasteiger partial charge is 0.410 e. The summed E-state index contributed by atoms with van der Waals surface area (Å²) in [5.74, 6) is 0.107. The van der Waals surface area contributed by atoms with E-state index >= 15 is 0 Å². The van der Waals surface area contributed by atoms with Crippen LogP contribution in [0.1, 0.15) is 25.7 Å². The number of hydrogen-bond acceptors (Lipinski definition) is 4. The number of carbonyl (C=O) groups is 2. The Hall–Kier alpha value is -2.17. The van der Waals surface area contributed by atoms with Gasteiger partial charge in [0.25, 0.3) is 0 Å². The summed E-state index contributed by atoms with van der Waals surface area (Å²) in [6.45, 7) is 0. The Morgan fingerprint density at radius 2 is 1.95 bits per heavy atom. The molecule has 1 aliphatic rings. The molecule has 5 heteroatoms. The number of rotatable bonds is 4. The topological polar surface area (TPSA) is 79.3 Å². The van der Waals surface area contributed by atoms with E-state index in [0.29, 0.717) is 11.5 Å². The van der Waals surface area contributed by atoms with Gasteiger partial charge in [-0.15, -0.1) is 0 Å². The molecule has 0 atom stereocenters. The van der Waals surface area contributed by atoms with Crippen LogP contribution in [0.2, 0.25) is 0 Å². The summed E-state index contributed by atoms with van der Waals surface area (Å²) in [5.41, 5.74) is 0.399. The first kappa shape index (κ1) is 13.3. The summed E-state index contributed by atoms with van der Waals surface area (Å²) in [6.07, 6.45) is 2.22. The van der Waals surface area contributed by atoms with Gasteiger partial charge in [-0.1, -0.05) is 24.6 Å². The molecule has 2 rings (SSSR count). The summed E-state index contributed by atoms with van der Waals surface area (Å²) < 4.78 is 4.93. The molecule has 1 saturated carbocycles. The first-order chi connectivity index (χ1) is 9.15. The Bertz CT molecular complexity index is 481. The fourth-order valence-corrected chi connectivity index (χ4v) is 1.85. The van der Waals surface area contributed by atoms with E-state index in [0.717, 1.165) is 19.3 Å². The van der Waals surface area contributed by atoms with Crippen molar-refractivity contribution in [2.24, 2.45) is 5.92 Å². The standard InChI is InChI=1S/C14H16N2O3/c15-12(10-5-4-6-10)9-13(17)16-14(18)19-11-7-2-1-3-8-11/h1-3,7-8,10,15H,4-6,9H2,(H,16,17,18). The van der Waals surface area contributed by atoms with Crippen LogP contribution in [0.25, 0.3) is 0 Å². The highest BCUT2D eigenvalue weighted by molar-refractivity contribution is 6.05. The molecular weight excluding hydrogens is 244 g/mol. The van der Waals surface area contributed by atoms with Crippen molar-refractivity contribution in [1.82, 2.24) is 5.32 Å². The highest BCUT2D eigenvalue weighted by Gasteiger charge is 2.24. The van der Waals surface area contributed by atoms with E-state index in [2.05, 4.69) is 5.32 Å². The van der Waals surface area contributed by atoms with Crippen molar-refractivity contribution < 1.29 is 14.3 Å². The maximum absolute atomic E-state index is 11.5. The minimum atomic E-state index is -0.808. The van der Waals surface area contributed by atoms with Gasteiger partial charge in [-0.3, -0.25) is 10.1 Å². The highest BCUT2D eigenvalue weighted by atomic mass is 16.6. The van der Waals surface area contributed by atoms with Crippen molar-refractivity contribution >= 4 is 17.7 Å². The lowest BCUT2D eigenvalue weighted by molar-refractivity contribution is -0.119. The number of benzene rings is 1. The molecule has 0 spiro atoms. The van der Waals surface area contributed by atoms with Gasteiger partial charge in [0.05, 0.1) is 6.42 Å². The van der Waals surface area contributed by atoms with Crippen LogP contribution in [-0.2, 0) is 4.79 Å². The third-order valence-electron chi connectivity index (χ3n) is 3.14. The number of imide groups is 1. The van der Waals surface area contributed by atoms with Crippen LogP contribution in [-0.4, -0.2) is 17.7 Å². The Morgan fingerprint density at radius 1 is 1.26 bits per heavy atom. The number of amides is 2. The lowest BCUT2D eigenvalue weighted by atomic mass is 9.80. The zero-order chi connectivity index (χ0) is 13.7. The molecule has 0 heterocycles. The molecule has 2 N–H and O–H groups in total. The van der Waals surface area contributed by atoms with E-state index in [1.807, 2.05) is 0 Å². The van der Waals surface area contributed by atoms with Crippen LogP contribution >= 0.6 is 0 Å². The Kier molecular flexibility index (Phi) is 4.28. The maximum Gasteiger partial charge on any atom is 0.419 e. The monoisotopic (exact) mass is 260 g/mol. The van der Waals surface area contributed by atoms with Gasteiger partial charge < -0.3 is 10.1 Å². The first-order valence-electron chi connectivity index (χ1n) is 6.29. The molecule has 0 bridgehead atoms. The molecule has 1 aliphatic carbocycles. The van der Waals surface area contributed by atoms with E-state index in [9.17, 15) is 9.59 Å². The maximum atomic E-state index is 11.5. The van der Waals surface area contributed by atoms with Gasteiger partial charge in [-0.05, 0) is 30.9 Å². The molecule has 19 heavy (non-hydrogen) atoms. The fourth-order valence-electron chi connectivity index (χ4n) is 1.85. The second kappa shape index (κ2) is 6.13. The van der Waals surface area contributed by atoms with E-state index < -0.39 is 12.0 Å². The second-order valence-corrected chi connectivity index (χ2v) is 4.58.